The van der Waals surface area contributed by atoms with Gasteiger partial charge in [-0.25, -0.2) is 9.97 Å². The van der Waals surface area contributed by atoms with E-state index in [-0.39, 0.29) is 17.7 Å². The number of carbonyl (C=O) groups is 2. The number of nitrogens with one attached hydrogen (secondary N) is 3. The van der Waals surface area contributed by atoms with E-state index in [1.807, 2.05) is 25.1 Å². The summed E-state index contributed by atoms with van der Waals surface area (Å²) in [4.78, 5) is 39.2. The molecule has 0 spiro atoms. The van der Waals surface area contributed by atoms with Crippen LogP contribution in [-0.2, 0) is 11.3 Å². The van der Waals surface area contributed by atoms with Crippen LogP contribution in [0.2, 0.25) is 5.02 Å². The number of hydrogen-bond acceptors (Lipinski definition) is 6. The lowest BCUT2D eigenvalue weighted by atomic mass is 9.95. The van der Waals surface area contributed by atoms with Gasteiger partial charge in [0.25, 0.3) is 5.91 Å². The van der Waals surface area contributed by atoms with Crippen LogP contribution in [0.1, 0.15) is 34.7 Å². The van der Waals surface area contributed by atoms with Gasteiger partial charge < -0.3 is 19.9 Å². The number of pyridine rings is 1. The smallest absolute Gasteiger partial charge is 0.274 e. The van der Waals surface area contributed by atoms with Gasteiger partial charge in [-0.05, 0) is 43.5 Å². The Bertz CT molecular complexity index is 1420. The number of amides is 2. The third-order valence-corrected chi connectivity index (χ3v) is 6.71. The van der Waals surface area contributed by atoms with Crippen LogP contribution in [0.3, 0.4) is 0 Å². The molecule has 1 aromatic carbocycles. The van der Waals surface area contributed by atoms with E-state index in [2.05, 4.69) is 30.5 Å². The number of hydrogen-bond donors (Lipinski definition) is 3. The van der Waals surface area contributed by atoms with Gasteiger partial charge in [-0.3, -0.25) is 14.7 Å². The van der Waals surface area contributed by atoms with Crippen molar-refractivity contribution in [1.29, 1.82) is 0 Å². The zero-order valence-corrected chi connectivity index (χ0v) is 20.7. The van der Waals surface area contributed by atoms with E-state index in [1.165, 1.54) is 13.3 Å². The minimum Gasteiger partial charge on any atom is -0.481 e. The number of fused-ring (bicyclic) bond motifs is 1. The molecule has 4 aromatic rings. The van der Waals surface area contributed by atoms with Crippen molar-refractivity contribution in [2.24, 2.45) is 5.92 Å². The number of carbonyl (C=O) groups excluding carboxylic acids is 2. The van der Waals surface area contributed by atoms with Gasteiger partial charge in [0, 0.05) is 37.2 Å². The standard InChI is InChI=1S/C25H26ClN7O3/c1-14-29-19-4-3-15(9-21(19)30-14)12-28-24(34)16-5-7-33(8-6-16)25(35)22-11-20(31-32-22)17-10-23(36-2)27-13-18(17)26/h3-4,9-11,13,16H,5-8,12H2,1-2H3,(H,28,34)(H,29,30)(H,31,32). The monoisotopic (exact) mass is 507 g/mol. The number of methoxy groups -OCH3 is 1. The molecule has 3 aromatic heterocycles. The molecule has 0 aliphatic carbocycles. The van der Waals surface area contributed by atoms with Crippen molar-refractivity contribution in [3.05, 3.63) is 58.6 Å². The molecule has 11 heteroatoms. The first-order valence-corrected chi connectivity index (χ1v) is 12.1. The van der Waals surface area contributed by atoms with Crippen LogP contribution < -0.4 is 10.1 Å². The largest absolute Gasteiger partial charge is 0.481 e. The van der Waals surface area contributed by atoms with E-state index in [0.717, 1.165) is 22.4 Å². The quantitative estimate of drug-likeness (QED) is 0.366. The molecule has 4 heterocycles. The van der Waals surface area contributed by atoms with E-state index in [9.17, 15) is 9.59 Å². The van der Waals surface area contributed by atoms with Crippen molar-refractivity contribution in [2.75, 3.05) is 20.2 Å². The van der Waals surface area contributed by atoms with Crippen molar-refractivity contribution in [3.63, 3.8) is 0 Å². The molecule has 1 saturated heterocycles. The first kappa shape index (κ1) is 23.8. The zero-order valence-electron chi connectivity index (χ0n) is 20.0. The van der Waals surface area contributed by atoms with Crippen LogP contribution in [-0.4, -0.2) is 62.1 Å². The summed E-state index contributed by atoms with van der Waals surface area (Å²) in [6.45, 7) is 3.33. The van der Waals surface area contributed by atoms with Crippen molar-refractivity contribution >= 4 is 34.4 Å². The lowest BCUT2D eigenvalue weighted by Gasteiger charge is -2.30. The highest BCUT2D eigenvalue weighted by Gasteiger charge is 2.29. The van der Waals surface area contributed by atoms with Gasteiger partial charge in [-0.15, -0.1) is 0 Å². The summed E-state index contributed by atoms with van der Waals surface area (Å²) in [5.74, 6) is 0.956. The first-order valence-electron chi connectivity index (χ1n) is 11.7. The highest BCUT2D eigenvalue weighted by atomic mass is 35.5. The Morgan fingerprint density at radius 3 is 2.81 bits per heavy atom. The second-order valence-corrected chi connectivity index (χ2v) is 9.24. The Balaban J connectivity index is 1.15. The number of H-pyrrole nitrogens is 2. The lowest BCUT2D eigenvalue weighted by molar-refractivity contribution is -0.126. The number of nitrogens with zero attached hydrogens (tertiary/aromatic N) is 4. The van der Waals surface area contributed by atoms with Crippen LogP contribution in [0.4, 0.5) is 0 Å². The summed E-state index contributed by atoms with van der Waals surface area (Å²) in [5, 5.41) is 10.5. The highest BCUT2D eigenvalue weighted by Crippen LogP contribution is 2.29. The lowest BCUT2D eigenvalue weighted by Crippen LogP contribution is -2.43. The number of aromatic nitrogens is 5. The fourth-order valence-electron chi connectivity index (χ4n) is 4.44. The highest BCUT2D eigenvalue weighted by molar-refractivity contribution is 6.33. The van der Waals surface area contributed by atoms with E-state index in [1.54, 1.807) is 17.0 Å². The van der Waals surface area contributed by atoms with Gasteiger partial charge in [-0.2, -0.15) is 5.10 Å². The summed E-state index contributed by atoms with van der Waals surface area (Å²) in [7, 11) is 1.52. The van der Waals surface area contributed by atoms with Crippen LogP contribution in [0.15, 0.2) is 36.5 Å². The van der Waals surface area contributed by atoms with Crippen molar-refractivity contribution < 1.29 is 14.3 Å². The van der Waals surface area contributed by atoms with Crippen LogP contribution in [0.25, 0.3) is 22.3 Å². The van der Waals surface area contributed by atoms with E-state index in [0.29, 0.717) is 60.3 Å². The number of likely N-dealkylation sites (tertiary alicyclic amines) is 1. The molecule has 0 unspecified atom stereocenters. The second-order valence-electron chi connectivity index (χ2n) is 8.83. The molecule has 0 atom stereocenters. The Hall–Kier alpha value is -3.92. The number of aromatic amines is 2. The molecule has 0 bridgehead atoms. The molecule has 1 aliphatic rings. The number of halogens is 1. The van der Waals surface area contributed by atoms with E-state index < -0.39 is 0 Å². The molecule has 2 amide bonds. The first-order chi connectivity index (χ1) is 17.4. The summed E-state index contributed by atoms with van der Waals surface area (Å²) >= 11 is 6.26. The van der Waals surface area contributed by atoms with Gasteiger partial charge in [0.1, 0.15) is 5.82 Å². The Kier molecular flexibility index (Phi) is 6.60. The third kappa shape index (κ3) is 4.90. The van der Waals surface area contributed by atoms with E-state index >= 15 is 0 Å². The van der Waals surface area contributed by atoms with Gasteiger partial charge in [0.2, 0.25) is 11.8 Å². The molecule has 5 rings (SSSR count). The Morgan fingerprint density at radius 2 is 2.03 bits per heavy atom. The minimum atomic E-state index is -0.184. The normalized spacial score (nSPS) is 14.2. The molecule has 186 valence electrons. The molecule has 3 N–H and O–H groups in total. The minimum absolute atomic E-state index is 0.00346. The summed E-state index contributed by atoms with van der Waals surface area (Å²) in [6, 6.07) is 9.28. The molecule has 36 heavy (non-hydrogen) atoms. The fraction of sp³-hybridized carbons (Fsp3) is 0.320. The summed E-state index contributed by atoms with van der Waals surface area (Å²) in [5.41, 5.74) is 4.40. The van der Waals surface area contributed by atoms with Crippen molar-refractivity contribution in [2.45, 2.75) is 26.3 Å². The summed E-state index contributed by atoms with van der Waals surface area (Å²) < 4.78 is 5.15. The predicted octanol–water partition coefficient (Wildman–Crippen LogP) is 3.49. The molecular formula is C25H26ClN7O3. The maximum Gasteiger partial charge on any atom is 0.274 e. The molecule has 0 saturated carbocycles. The van der Waals surface area contributed by atoms with Crippen molar-refractivity contribution in [3.8, 4) is 17.1 Å². The zero-order chi connectivity index (χ0) is 25.2. The van der Waals surface area contributed by atoms with Crippen molar-refractivity contribution in [1.82, 2.24) is 35.4 Å². The Morgan fingerprint density at radius 1 is 1.22 bits per heavy atom. The molecule has 0 radical (unpaired) electrons. The van der Waals surface area contributed by atoms with Crippen LogP contribution in [0.5, 0.6) is 5.88 Å². The number of imidazole rings is 1. The average molecular weight is 508 g/mol. The van der Waals surface area contributed by atoms with Gasteiger partial charge in [0.15, 0.2) is 5.69 Å². The molecule has 1 fully saturated rings. The maximum absolute atomic E-state index is 13.0. The number of piperidine rings is 1. The predicted molar refractivity (Wildman–Crippen MR) is 135 cm³/mol. The molecule has 1 aliphatic heterocycles. The number of rotatable bonds is 6. The topological polar surface area (TPSA) is 129 Å². The van der Waals surface area contributed by atoms with Gasteiger partial charge >= 0.3 is 0 Å². The van der Waals surface area contributed by atoms with Gasteiger partial charge in [-0.1, -0.05) is 17.7 Å². The molecule has 10 nitrogen and oxygen atoms in total. The third-order valence-electron chi connectivity index (χ3n) is 6.41. The SMILES string of the molecule is COc1cc(-c2cc(C(=O)N3CCC(C(=O)NCc4ccc5[nH]c(C)nc5c4)CC3)n[nH]2)c(Cl)cn1. The van der Waals surface area contributed by atoms with E-state index in [4.69, 9.17) is 16.3 Å². The second kappa shape index (κ2) is 9.98. The number of benzene rings is 1. The fourth-order valence-corrected chi connectivity index (χ4v) is 4.64. The average Bonchev–Trinajstić information content (AvgIpc) is 3.53. The summed E-state index contributed by atoms with van der Waals surface area (Å²) in [6.07, 6.45) is 2.68. The maximum atomic E-state index is 13.0. The Labute approximate surface area is 212 Å². The number of ether oxygens (including phenoxy) is 1. The molecular weight excluding hydrogens is 482 g/mol. The van der Waals surface area contributed by atoms with Gasteiger partial charge in [0.05, 0.1) is 35.1 Å². The van der Waals surface area contributed by atoms with Crippen LogP contribution in [0, 0.1) is 12.8 Å². The van der Waals surface area contributed by atoms with Crippen LogP contribution >= 0.6 is 11.6 Å². The number of aryl methyl sites for hydroxylation is 1.